The van der Waals surface area contributed by atoms with Gasteiger partial charge in [-0.25, -0.2) is 13.8 Å². The number of H-pyrrole nitrogens is 1. The van der Waals surface area contributed by atoms with Crippen molar-refractivity contribution in [3.8, 4) is 0 Å². The summed E-state index contributed by atoms with van der Waals surface area (Å²) in [4.78, 5) is 19.4. The van der Waals surface area contributed by atoms with Crippen LogP contribution in [0, 0.1) is 11.6 Å². The van der Waals surface area contributed by atoms with Crippen molar-refractivity contribution in [1.82, 2.24) is 20.2 Å². The van der Waals surface area contributed by atoms with Crippen molar-refractivity contribution < 1.29 is 13.6 Å². The third kappa shape index (κ3) is 3.21. The molecule has 0 saturated heterocycles. The van der Waals surface area contributed by atoms with E-state index in [4.69, 9.17) is 0 Å². The van der Waals surface area contributed by atoms with Crippen LogP contribution in [0.15, 0.2) is 47.6 Å². The Morgan fingerprint density at radius 3 is 2.88 bits per heavy atom. The summed E-state index contributed by atoms with van der Waals surface area (Å²) in [6, 6.07) is 10.5. The minimum Gasteiger partial charge on any atom is -0.338 e. The SMILES string of the molecule is O=C(CSc1nnc2c(n1)[nH]c1ccccc12)Nc1cc(F)ccc1F. The van der Waals surface area contributed by atoms with Crippen LogP contribution in [0.1, 0.15) is 0 Å². The van der Waals surface area contributed by atoms with Gasteiger partial charge in [0.1, 0.15) is 17.2 Å². The summed E-state index contributed by atoms with van der Waals surface area (Å²) < 4.78 is 26.7. The third-order valence-corrected chi connectivity index (χ3v) is 4.48. The predicted molar refractivity (Wildman–Crippen MR) is 94.9 cm³/mol. The van der Waals surface area contributed by atoms with Gasteiger partial charge in [0.25, 0.3) is 0 Å². The van der Waals surface area contributed by atoms with Gasteiger partial charge in [-0.05, 0) is 18.2 Å². The van der Waals surface area contributed by atoms with E-state index in [9.17, 15) is 13.6 Å². The first-order valence-corrected chi connectivity index (χ1v) is 8.57. The van der Waals surface area contributed by atoms with Gasteiger partial charge >= 0.3 is 0 Å². The number of hydrogen-bond donors (Lipinski definition) is 2. The molecule has 4 rings (SSSR count). The predicted octanol–water partition coefficient (Wildman–Crippen LogP) is 3.52. The van der Waals surface area contributed by atoms with Gasteiger partial charge in [-0.2, -0.15) is 0 Å². The number of amides is 1. The van der Waals surface area contributed by atoms with Gasteiger partial charge in [0.15, 0.2) is 5.65 Å². The Bertz CT molecular complexity index is 1130. The van der Waals surface area contributed by atoms with E-state index in [-0.39, 0.29) is 11.4 Å². The summed E-state index contributed by atoms with van der Waals surface area (Å²) in [5.41, 5.74) is 1.91. The second-order valence-electron chi connectivity index (χ2n) is 5.42. The molecule has 0 unspecified atom stereocenters. The van der Waals surface area contributed by atoms with E-state index in [1.807, 2.05) is 24.3 Å². The fraction of sp³-hybridized carbons (Fsp3) is 0.0588. The maximum Gasteiger partial charge on any atom is 0.234 e. The number of anilines is 1. The van der Waals surface area contributed by atoms with Crippen LogP contribution in [0.5, 0.6) is 0 Å². The first-order chi connectivity index (χ1) is 12.6. The number of nitrogens with one attached hydrogen (secondary N) is 2. The monoisotopic (exact) mass is 371 g/mol. The maximum atomic E-state index is 13.5. The zero-order valence-corrected chi connectivity index (χ0v) is 14.0. The molecule has 2 N–H and O–H groups in total. The highest BCUT2D eigenvalue weighted by Crippen LogP contribution is 2.23. The molecule has 2 aromatic heterocycles. The largest absolute Gasteiger partial charge is 0.338 e. The smallest absolute Gasteiger partial charge is 0.234 e. The molecule has 0 radical (unpaired) electrons. The third-order valence-electron chi connectivity index (χ3n) is 3.64. The summed E-state index contributed by atoms with van der Waals surface area (Å²) >= 11 is 1.05. The Morgan fingerprint density at radius 2 is 2.00 bits per heavy atom. The molecule has 0 aliphatic rings. The van der Waals surface area contributed by atoms with E-state index < -0.39 is 17.5 Å². The summed E-state index contributed by atoms with van der Waals surface area (Å²) in [5, 5.41) is 11.7. The number of halogens is 2. The summed E-state index contributed by atoms with van der Waals surface area (Å²) in [5.74, 6) is -1.91. The highest BCUT2D eigenvalue weighted by Gasteiger charge is 2.12. The normalized spacial score (nSPS) is 11.2. The van der Waals surface area contributed by atoms with Gasteiger partial charge in [0, 0.05) is 17.0 Å². The van der Waals surface area contributed by atoms with Crippen molar-refractivity contribution in [2.75, 3.05) is 11.1 Å². The second kappa shape index (κ2) is 6.68. The van der Waals surface area contributed by atoms with Crippen LogP contribution in [0.4, 0.5) is 14.5 Å². The lowest BCUT2D eigenvalue weighted by atomic mass is 10.2. The zero-order chi connectivity index (χ0) is 18.1. The molecule has 0 atom stereocenters. The van der Waals surface area contributed by atoms with Gasteiger partial charge in [0.2, 0.25) is 11.1 Å². The van der Waals surface area contributed by atoms with Crippen molar-refractivity contribution in [3.63, 3.8) is 0 Å². The Labute approximate surface area is 150 Å². The molecular weight excluding hydrogens is 360 g/mol. The van der Waals surface area contributed by atoms with Crippen LogP contribution >= 0.6 is 11.8 Å². The van der Waals surface area contributed by atoms with Crippen molar-refractivity contribution in [1.29, 1.82) is 0 Å². The molecule has 130 valence electrons. The van der Waals surface area contributed by atoms with Crippen LogP contribution in [0.25, 0.3) is 22.1 Å². The average Bonchev–Trinajstić information content (AvgIpc) is 3.01. The van der Waals surface area contributed by atoms with Crippen molar-refractivity contribution in [2.24, 2.45) is 0 Å². The van der Waals surface area contributed by atoms with Gasteiger partial charge in [0.05, 0.1) is 11.4 Å². The van der Waals surface area contributed by atoms with Crippen LogP contribution in [-0.4, -0.2) is 31.8 Å². The number of carbonyl (C=O) groups excluding carboxylic acids is 1. The Balaban J connectivity index is 1.48. The van der Waals surface area contributed by atoms with Crippen molar-refractivity contribution >= 4 is 45.4 Å². The Morgan fingerprint density at radius 1 is 1.15 bits per heavy atom. The average molecular weight is 371 g/mol. The van der Waals surface area contributed by atoms with Gasteiger partial charge < -0.3 is 10.3 Å². The van der Waals surface area contributed by atoms with Gasteiger partial charge in [-0.1, -0.05) is 30.0 Å². The molecule has 0 aliphatic heterocycles. The molecule has 0 aliphatic carbocycles. The number of nitrogens with zero attached hydrogens (tertiary/aromatic N) is 3. The summed E-state index contributed by atoms with van der Waals surface area (Å²) in [6.45, 7) is 0. The number of aromatic nitrogens is 4. The fourth-order valence-corrected chi connectivity index (χ4v) is 3.06. The minimum absolute atomic E-state index is 0.0661. The minimum atomic E-state index is -0.706. The zero-order valence-electron chi connectivity index (χ0n) is 13.2. The first-order valence-electron chi connectivity index (χ1n) is 7.59. The molecule has 26 heavy (non-hydrogen) atoms. The lowest BCUT2D eigenvalue weighted by Gasteiger charge is -2.05. The quantitative estimate of drug-likeness (QED) is 0.536. The van der Waals surface area contributed by atoms with Crippen LogP contribution < -0.4 is 5.32 Å². The molecule has 0 fully saturated rings. The van der Waals surface area contributed by atoms with Crippen LogP contribution in [0.3, 0.4) is 0 Å². The van der Waals surface area contributed by atoms with E-state index in [0.29, 0.717) is 16.3 Å². The van der Waals surface area contributed by atoms with E-state index in [1.54, 1.807) is 0 Å². The van der Waals surface area contributed by atoms with E-state index in [1.165, 1.54) is 0 Å². The number of benzene rings is 2. The number of aromatic amines is 1. The standard InChI is InChI=1S/C17H11F2N5OS/c18-9-5-6-11(19)13(7-9)20-14(25)8-26-17-22-16-15(23-24-17)10-3-1-2-4-12(10)21-16/h1-7H,8H2,(H,20,25)(H,21,22,24). The number of thioether (sulfide) groups is 1. The molecule has 0 saturated carbocycles. The summed E-state index contributed by atoms with van der Waals surface area (Å²) in [6.07, 6.45) is 0. The number of carbonyl (C=O) groups is 1. The van der Waals surface area contributed by atoms with E-state index in [0.717, 1.165) is 40.9 Å². The number of rotatable bonds is 4. The van der Waals surface area contributed by atoms with Crippen LogP contribution in [0.2, 0.25) is 0 Å². The summed E-state index contributed by atoms with van der Waals surface area (Å²) in [7, 11) is 0. The molecule has 4 aromatic rings. The van der Waals surface area contributed by atoms with Gasteiger partial charge in [-0.15, -0.1) is 10.2 Å². The second-order valence-corrected chi connectivity index (χ2v) is 6.37. The molecular formula is C17H11F2N5OS. The Hall–Kier alpha value is -3.07. The van der Waals surface area contributed by atoms with Crippen LogP contribution in [-0.2, 0) is 4.79 Å². The van der Waals surface area contributed by atoms with Crippen molar-refractivity contribution in [2.45, 2.75) is 5.16 Å². The van der Waals surface area contributed by atoms with Gasteiger partial charge in [-0.3, -0.25) is 4.79 Å². The molecule has 1 amide bonds. The number of hydrogen-bond acceptors (Lipinski definition) is 5. The van der Waals surface area contributed by atoms with E-state index in [2.05, 4.69) is 25.5 Å². The fourth-order valence-electron chi connectivity index (χ4n) is 2.48. The highest BCUT2D eigenvalue weighted by atomic mass is 32.2. The lowest BCUT2D eigenvalue weighted by Crippen LogP contribution is -2.15. The maximum absolute atomic E-state index is 13.5. The molecule has 0 bridgehead atoms. The van der Waals surface area contributed by atoms with E-state index >= 15 is 0 Å². The highest BCUT2D eigenvalue weighted by molar-refractivity contribution is 7.99. The molecule has 6 nitrogen and oxygen atoms in total. The molecule has 0 spiro atoms. The van der Waals surface area contributed by atoms with Crippen molar-refractivity contribution in [3.05, 3.63) is 54.1 Å². The lowest BCUT2D eigenvalue weighted by molar-refractivity contribution is -0.113. The Kier molecular flexibility index (Phi) is 4.21. The molecule has 9 heteroatoms. The first kappa shape index (κ1) is 16.4. The number of para-hydroxylation sites is 1. The molecule has 2 heterocycles. The number of fused-ring (bicyclic) bond motifs is 3. The molecule has 2 aromatic carbocycles. The topological polar surface area (TPSA) is 83.6 Å².